The number of nitrogens with one attached hydrogen (secondary N) is 2. The number of aliphatic imine (C=N–C) groups is 1. The molecule has 2 N–H and O–H groups in total. The summed E-state index contributed by atoms with van der Waals surface area (Å²) < 4.78 is 5.57. The lowest BCUT2D eigenvalue weighted by molar-refractivity contribution is 0.338. The third-order valence-corrected chi connectivity index (χ3v) is 4.45. The van der Waals surface area contributed by atoms with Gasteiger partial charge in [-0.3, -0.25) is 4.99 Å². The summed E-state index contributed by atoms with van der Waals surface area (Å²) in [5, 5.41) is 6.68. The van der Waals surface area contributed by atoms with E-state index in [9.17, 15) is 0 Å². The number of nitrogens with zero attached hydrogens (tertiary/aromatic N) is 1. The van der Waals surface area contributed by atoms with Crippen molar-refractivity contribution in [3.8, 4) is 5.75 Å². The Morgan fingerprint density at radius 2 is 1.91 bits per heavy atom. The van der Waals surface area contributed by atoms with E-state index in [-0.39, 0.29) is 0 Å². The highest BCUT2D eigenvalue weighted by Crippen LogP contribution is 2.19. The third-order valence-electron chi connectivity index (χ3n) is 3.45. The molecule has 1 aromatic heterocycles. The summed E-state index contributed by atoms with van der Waals surface area (Å²) in [4.78, 5) is 6.90. The zero-order chi connectivity index (χ0) is 16.7. The molecule has 4 nitrogen and oxygen atoms in total. The highest BCUT2D eigenvalue weighted by molar-refractivity contribution is 7.11. The van der Waals surface area contributed by atoms with Crippen molar-refractivity contribution in [2.24, 2.45) is 4.99 Å². The predicted molar refractivity (Wildman–Crippen MR) is 98.4 cm³/mol. The van der Waals surface area contributed by atoms with Gasteiger partial charge in [-0.05, 0) is 50.1 Å². The van der Waals surface area contributed by atoms with Crippen molar-refractivity contribution in [3.05, 3.63) is 51.2 Å². The summed E-state index contributed by atoms with van der Waals surface area (Å²) in [5.74, 6) is 1.76. The first kappa shape index (κ1) is 17.3. The van der Waals surface area contributed by atoms with Gasteiger partial charge in [0.1, 0.15) is 5.75 Å². The third kappa shape index (κ3) is 5.28. The largest absolute Gasteiger partial charge is 0.494 e. The molecule has 0 fully saturated rings. The summed E-state index contributed by atoms with van der Waals surface area (Å²) in [5.41, 5.74) is 2.36. The maximum absolute atomic E-state index is 5.57. The van der Waals surface area contributed by atoms with Gasteiger partial charge in [0.15, 0.2) is 5.96 Å². The van der Waals surface area contributed by atoms with E-state index >= 15 is 0 Å². The molecule has 0 amide bonds. The van der Waals surface area contributed by atoms with Gasteiger partial charge in [-0.15, -0.1) is 11.3 Å². The van der Waals surface area contributed by atoms with Crippen LogP contribution in [0.4, 0.5) is 0 Å². The number of rotatable bonds is 6. The quantitative estimate of drug-likeness (QED) is 0.628. The zero-order valence-electron chi connectivity index (χ0n) is 14.3. The second kappa shape index (κ2) is 8.58. The van der Waals surface area contributed by atoms with Crippen molar-refractivity contribution in [1.82, 2.24) is 10.6 Å². The van der Waals surface area contributed by atoms with Gasteiger partial charge in [0.25, 0.3) is 0 Å². The van der Waals surface area contributed by atoms with Crippen molar-refractivity contribution >= 4 is 17.3 Å². The van der Waals surface area contributed by atoms with Crippen molar-refractivity contribution in [3.63, 3.8) is 0 Å². The second-order valence-electron chi connectivity index (χ2n) is 5.32. The van der Waals surface area contributed by atoms with Gasteiger partial charge in [0, 0.05) is 23.3 Å². The smallest absolute Gasteiger partial charge is 0.191 e. The molecule has 23 heavy (non-hydrogen) atoms. The van der Waals surface area contributed by atoms with E-state index in [4.69, 9.17) is 4.74 Å². The summed E-state index contributed by atoms with van der Waals surface area (Å²) in [6.45, 7) is 8.41. The van der Waals surface area contributed by atoms with Crippen LogP contribution in [-0.2, 0) is 13.1 Å². The number of aryl methyl sites for hydroxylation is 2. The first-order valence-corrected chi connectivity index (χ1v) is 8.66. The zero-order valence-corrected chi connectivity index (χ0v) is 15.1. The minimum absolute atomic E-state index is 0.692. The summed E-state index contributed by atoms with van der Waals surface area (Å²) in [7, 11) is 1.79. The Morgan fingerprint density at radius 1 is 1.13 bits per heavy atom. The number of hydrogen-bond donors (Lipinski definition) is 2. The number of thiophene rings is 1. The van der Waals surface area contributed by atoms with Crippen LogP contribution in [0, 0.1) is 13.8 Å². The summed E-state index contributed by atoms with van der Waals surface area (Å²) in [6.07, 6.45) is 0. The molecule has 124 valence electrons. The van der Waals surface area contributed by atoms with Gasteiger partial charge in [-0.1, -0.05) is 12.1 Å². The molecule has 0 radical (unpaired) electrons. The van der Waals surface area contributed by atoms with Crippen molar-refractivity contribution in [2.75, 3.05) is 13.7 Å². The summed E-state index contributed by atoms with van der Waals surface area (Å²) in [6, 6.07) is 10.5. The van der Waals surface area contributed by atoms with E-state index in [1.54, 1.807) is 18.4 Å². The van der Waals surface area contributed by atoms with Crippen LogP contribution in [0.3, 0.4) is 0 Å². The number of benzene rings is 1. The fourth-order valence-corrected chi connectivity index (χ4v) is 3.13. The van der Waals surface area contributed by atoms with Crippen molar-refractivity contribution in [2.45, 2.75) is 33.9 Å². The van der Waals surface area contributed by atoms with Crippen LogP contribution in [-0.4, -0.2) is 19.6 Å². The number of guanidine groups is 1. The van der Waals surface area contributed by atoms with Crippen LogP contribution in [0.25, 0.3) is 0 Å². The van der Waals surface area contributed by atoms with Gasteiger partial charge in [-0.25, -0.2) is 0 Å². The fourth-order valence-electron chi connectivity index (χ4n) is 2.30. The fraction of sp³-hybridized carbons (Fsp3) is 0.389. The van der Waals surface area contributed by atoms with E-state index < -0.39 is 0 Å². The molecule has 2 aromatic rings. The molecule has 0 saturated carbocycles. The van der Waals surface area contributed by atoms with Crippen LogP contribution in [0.5, 0.6) is 5.75 Å². The van der Waals surface area contributed by atoms with E-state index in [0.717, 1.165) is 30.4 Å². The Bertz CT molecular complexity index is 664. The molecule has 1 aromatic carbocycles. The minimum Gasteiger partial charge on any atom is -0.494 e. The lowest BCUT2D eigenvalue weighted by Crippen LogP contribution is -2.36. The van der Waals surface area contributed by atoms with E-state index in [0.29, 0.717) is 6.61 Å². The van der Waals surface area contributed by atoms with Crippen molar-refractivity contribution < 1.29 is 4.74 Å². The first-order chi connectivity index (χ1) is 11.1. The average Bonchev–Trinajstić information content (AvgIpc) is 2.95. The van der Waals surface area contributed by atoms with Gasteiger partial charge < -0.3 is 15.4 Å². The molecule has 0 spiro atoms. The number of ether oxygens (including phenoxy) is 1. The molecule has 0 aliphatic rings. The molecule has 5 heteroatoms. The van der Waals surface area contributed by atoms with E-state index in [2.05, 4.69) is 53.7 Å². The van der Waals surface area contributed by atoms with Gasteiger partial charge in [0.05, 0.1) is 13.2 Å². The Kier molecular flexibility index (Phi) is 6.47. The first-order valence-electron chi connectivity index (χ1n) is 7.84. The molecular formula is C18H25N3OS. The van der Waals surface area contributed by atoms with Crippen LogP contribution >= 0.6 is 11.3 Å². The molecule has 0 saturated heterocycles. The highest BCUT2D eigenvalue weighted by Gasteiger charge is 2.03. The Morgan fingerprint density at radius 3 is 2.52 bits per heavy atom. The van der Waals surface area contributed by atoms with Crippen LogP contribution in [0.1, 0.15) is 27.8 Å². The molecule has 0 unspecified atom stereocenters. The predicted octanol–water partition coefficient (Wildman–Crippen LogP) is 3.63. The number of hydrogen-bond acceptors (Lipinski definition) is 3. The molecule has 0 atom stereocenters. The lowest BCUT2D eigenvalue weighted by Gasteiger charge is -2.13. The second-order valence-corrected chi connectivity index (χ2v) is 6.70. The summed E-state index contributed by atoms with van der Waals surface area (Å²) >= 11 is 1.80. The normalized spacial score (nSPS) is 11.4. The molecule has 0 bridgehead atoms. The van der Waals surface area contributed by atoms with E-state index in [1.165, 1.54) is 15.3 Å². The molecular weight excluding hydrogens is 306 g/mol. The maximum Gasteiger partial charge on any atom is 0.191 e. The van der Waals surface area contributed by atoms with Crippen LogP contribution in [0.2, 0.25) is 0 Å². The van der Waals surface area contributed by atoms with Crippen LogP contribution in [0.15, 0.2) is 35.3 Å². The highest BCUT2D eigenvalue weighted by atomic mass is 32.1. The van der Waals surface area contributed by atoms with Crippen molar-refractivity contribution in [1.29, 1.82) is 0 Å². The molecule has 1 heterocycles. The van der Waals surface area contributed by atoms with Gasteiger partial charge >= 0.3 is 0 Å². The van der Waals surface area contributed by atoms with Gasteiger partial charge in [-0.2, -0.15) is 0 Å². The lowest BCUT2D eigenvalue weighted by atomic mass is 10.1. The standard InChI is InChI=1S/C18H25N3OS/c1-5-22-17-9-7-15(10-13(17)2)11-20-18(19-4)21-12-16-8-6-14(3)23-16/h6-10H,5,11-12H2,1-4H3,(H2,19,20,21). The maximum atomic E-state index is 5.57. The minimum atomic E-state index is 0.692. The monoisotopic (exact) mass is 331 g/mol. The topological polar surface area (TPSA) is 45.6 Å². The Balaban J connectivity index is 1.86. The Labute approximate surface area is 142 Å². The SMILES string of the molecule is CCOc1ccc(CNC(=NC)NCc2ccc(C)s2)cc1C. The van der Waals surface area contributed by atoms with Gasteiger partial charge in [0.2, 0.25) is 0 Å². The molecule has 0 aliphatic carbocycles. The molecule has 0 aliphatic heterocycles. The van der Waals surface area contributed by atoms with Crippen LogP contribution < -0.4 is 15.4 Å². The Hall–Kier alpha value is -2.01. The average molecular weight is 331 g/mol. The molecule has 2 rings (SSSR count). The van der Waals surface area contributed by atoms with E-state index in [1.807, 2.05) is 13.0 Å².